The Labute approximate surface area is 116 Å². The summed E-state index contributed by atoms with van der Waals surface area (Å²) >= 11 is 1.40. The van der Waals surface area contributed by atoms with Crippen LogP contribution in [0, 0.1) is 0 Å². The van der Waals surface area contributed by atoms with E-state index in [0.717, 1.165) is 10.4 Å². The van der Waals surface area contributed by atoms with E-state index in [1.807, 2.05) is 17.5 Å². The number of rotatable bonds is 6. The molecule has 0 fully saturated rings. The third kappa shape index (κ3) is 4.43. The van der Waals surface area contributed by atoms with E-state index in [-0.39, 0.29) is 12.3 Å². The Morgan fingerprint density at radius 1 is 1.16 bits per heavy atom. The molecule has 2 aromatic rings. The summed E-state index contributed by atoms with van der Waals surface area (Å²) in [5.74, 6) is -0.0784. The number of aliphatic hydroxyl groups excluding tert-OH is 1. The van der Waals surface area contributed by atoms with Crippen LogP contribution in [-0.4, -0.2) is 20.1 Å². The zero-order valence-corrected chi connectivity index (χ0v) is 11.8. The minimum atomic E-state index is -3.43. The van der Waals surface area contributed by atoms with Crippen LogP contribution in [0.1, 0.15) is 16.5 Å². The van der Waals surface area contributed by atoms with Crippen LogP contribution in [0.5, 0.6) is 0 Å². The van der Waals surface area contributed by atoms with Gasteiger partial charge in [0.25, 0.3) is 0 Å². The fourth-order valence-corrected chi connectivity index (χ4v) is 3.49. The fraction of sp³-hybridized carbons (Fsp3) is 0.231. The molecule has 1 aromatic heterocycles. The smallest absolute Gasteiger partial charge is 0.215 e. The summed E-state index contributed by atoms with van der Waals surface area (Å²) in [6.07, 6.45) is -0.800. The molecule has 0 unspecified atom stereocenters. The molecule has 0 aliphatic carbocycles. The lowest BCUT2D eigenvalue weighted by Gasteiger charge is -2.10. The van der Waals surface area contributed by atoms with E-state index in [1.165, 1.54) is 11.3 Å². The van der Waals surface area contributed by atoms with Gasteiger partial charge in [0.2, 0.25) is 10.0 Å². The summed E-state index contributed by atoms with van der Waals surface area (Å²) in [5.41, 5.74) is 0.723. The quantitative estimate of drug-likeness (QED) is 0.856. The summed E-state index contributed by atoms with van der Waals surface area (Å²) in [6, 6.07) is 12.5. The van der Waals surface area contributed by atoms with E-state index in [4.69, 9.17) is 0 Å². The molecule has 1 atom stereocenters. The van der Waals surface area contributed by atoms with E-state index < -0.39 is 16.1 Å². The Morgan fingerprint density at radius 3 is 2.53 bits per heavy atom. The van der Waals surface area contributed by atoms with Gasteiger partial charge >= 0.3 is 0 Å². The second-order valence-electron chi connectivity index (χ2n) is 4.12. The van der Waals surface area contributed by atoms with Crippen LogP contribution in [0.2, 0.25) is 0 Å². The van der Waals surface area contributed by atoms with Crippen LogP contribution in [-0.2, 0) is 15.8 Å². The van der Waals surface area contributed by atoms with Crippen molar-refractivity contribution in [1.82, 2.24) is 4.72 Å². The van der Waals surface area contributed by atoms with Crippen molar-refractivity contribution in [3.05, 3.63) is 58.3 Å². The number of sulfonamides is 1. The molecule has 2 N–H and O–H groups in total. The Balaban J connectivity index is 1.91. The van der Waals surface area contributed by atoms with E-state index in [9.17, 15) is 13.5 Å². The van der Waals surface area contributed by atoms with Gasteiger partial charge in [-0.3, -0.25) is 0 Å². The Hall–Kier alpha value is -1.21. The summed E-state index contributed by atoms with van der Waals surface area (Å²) in [6.45, 7) is -0.00429. The van der Waals surface area contributed by atoms with Crippen LogP contribution in [0.3, 0.4) is 0 Å². The first-order valence-electron chi connectivity index (χ1n) is 5.79. The van der Waals surface area contributed by atoms with Gasteiger partial charge in [0.15, 0.2) is 0 Å². The molecule has 1 heterocycles. The monoisotopic (exact) mass is 297 g/mol. The van der Waals surface area contributed by atoms with Crippen molar-refractivity contribution in [2.24, 2.45) is 0 Å². The van der Waals surface area contributed by atoms with Gasteiger partial charge in [0.05, 0.1) is 5.75 Å². The Kier molecular flexibility index (Phi) is 4.71. The molecule has 1 aromatic carbocycles. The van der Waals surface area contributed by atoms with Gasteiger partial charge < -0.3 is 5.11 Å². The molecule has 2 rings (SSSR count). The number of thiophene rings is 1. The van der Waals surface area contributed by atoms with E-state index in [0.29, 0.717) is 0 Å². The molecule has 0 aliphatic heterocycles. The molecule has 19 heavy (non-hydrogen) atoms. The third-order valence-corrected chi connectivity index (χ3v) is 4.86. The summed E-state index contributed by atoms with van der Waals surface area (Å²) < 4.78 is 26.1. The number of nitrogens with one attached hydrogen (secondary N) is 1. The van der Waals surface area contributed by atoms with Gasteiger partial charge in [-0.1, -0.05) is 36.4 Å². The second-order valence-corrected chi connectivity index (χ2v) is 6.91. The number of hydrogen-bond donors (Lipinski definition) is 2. The minimum Gasteiger partial charge on any atom is -0.386 e. The lowest BCUT2D eigenvalue weighted by atomic mass is 10.2. The largest absolute Gasteiger partial charge is 0.386 e. The summed E-state index contributed by atoms with van der Waals surface area (Å²) in [7, 11) is -3.43. The zero-order valence-electron chi connectivity index (χ0n) is 10.2. The number of hydrogen-bond acceptors (Lipinski definition) is 4. The molecule has 0 aliphatic rings. The third-order valence-electron chi connectivity index (χ3n) is 2.57. The van der Waals surface area contributed by atoms with Crippen molar-refractivity contribution in [1.29, 1.82) is 0 Å². The topological polar surface area (TPSA) is 66.4 Å². The highest BCUT2D eigenvalue weighted by atomic mass is 32.2. The first-order valence-corrected chi connectivity index (χ1v) is 8.33. The maximum Gasteiger partial charge on any atom is 0.215 e. The van der Waals surface area contributed by atoms with Gasteiger partial charge in [0.1, 0.15) is 6.10 Å². The minimum absolute atomic E-state index is 0.00429. The normalized spacial score (nSPS) is 13.3. The van der Waals surface area contributed by atoms with Crippen LogP contribution in [0.4, 0.5) is 0 Å². The van der Waals surface area contributed by atoms with Crippen molar-refractivity contribution in [3.63, 3.8) is 0 Å². The van der Waals surface area contributed by atoms with Gasteiger partial charge in [-0.25, -0.2) is 13.1 Å². The van der Waals surface area contributed by atoms with Crippen molar-refractivity contribution in [3.8, 4) is 0 Å². The lowest BCUT2D eigenvalue weighted by Crippen LogP contribution is -2.29. The highest BCUT2D eigenvalue weighted by Gasteiger charge is 2.15. The maximum atomic E-state index is 11.9. The van der Waals surface area contributed by atoms with Gasteiger partial charge in [-0.15, -0.1) is 11.3 Å². The predicted octanol–water partition coefficient (Wildman–Crippen LogP) is 1.90. The first kappa shape index (κ1) is 14.2. The summed E-state index contributed by atoms with van der Waals surface area (Å²) in [5, 5.41) is 11.7. The highest BCUT2D eigenvalue weighted by Crippen LogP contribution is 2.18. The molecule has 4 nitrogen and oxygen atoms in total. The van der Waals surface area contributed by atoms with Crippen molar-refractivity contribution in [2.45, 2.75) is 11.9 Å². The van der Waals surface area contributed by atoms with E-state index in [1.54, 1.807) is 30.3 Å². The van der Waals surface area contributed by atoms with E-state index in [2.05, 4.69) is 4.72 Å². The van der Waals surface area contributed by atoms with Gasteiger partial charge in [-0.2, -0.15) is 0 Å². The van der Waals surface area contributed by atoms with Crippen molar-refractivity contribution >= 4 is 21.4 Å². The Morgan fingerprint density at radius 2 is 1.89 bits per heavy atom. The first-order chi connectivity index (χ1) is 9.07. The van der Waals surface area contributed by atoms with Crippen LogP contribution < -0.4 is 4.72 Å². The highest BCUT2D eigenvalue weighted by molar-refractivity contribution is 7.88. The van der Waals surface area contributed by atoms with Crippen LogP contribution in [0.15, 0.2) is 47.8 Å². The average molecular weight is 297 g/mol. The van der Waals surface area contributed by atoms with Crippen LogP contribution in [0.25, 0.3) is 0 Å². The molecule has 0 radical (unpaired) electrons. The molecule has 102 valence electrons. The summed E-state index contributed by atoms with van der Waals surface area (Å²) in [4.78, 5) is 0.752. The van der Waals surface area contributed by atoms with E-state index >= 15 is 0 Å². The molecule has 6 heteroatoms. The zero-order chi connectivity index (χ0) is 13.7. The average Bonchev–Trinajstić information content (AvgIpc) is 2.91. The van der Waals surface area contributed by atoms with Crippen molar-refractivity contribution in [2.75, 3.05) is 6.54 Å². The SMILES string of the molecule is O=S(=O)(Cc1ccccc1)NC[C@H](O)c1cccs1. The van der Waals surface area contributed by atoms with Gasteiger partial charge in [0, 0.05) is 11.4 Å². The molecular formula is C13H15NO3S2. The predicted molar refractivity (Wildman–Crippen MR) is 76.3 cm³/mol. The van der Waals surface area contributed by atoms with Crippen molar-refractivity contribution < 1.29 is 13.5 Å². The molecule has 0 saturated carbocycles. The molecule has 0 spiro atoms. The molecule has 0 saturated heterocycles. The molecular weight excluding hydrogens is 282 g/mol. The van der Waals surface area contributed by atoms with Gasteiger partial charge in [-0.05, 0) is 17.0 Å². The molecule has 0 bridgehead atoms. The fourth-order valence-electron chi connectivity index (χ4n) is 1.63. The number of aliphatic hydroxyl groups is 1. The maximum absolute atomic E-state index is 11.9. The number of benzene rings is 1. The standard InChI is InChI=1S/C13H15NO3S2/c15-12(13-7-4-8-18-13)9-14-19(16,17)10-11-5-2-1-3-6-11/h1-8,12,14-15H,9-10H2/t12-/m0/s1. The van der Waals surface area contributed by atoms with Crippen LogP contribution >= 0.6 is 11.3 Å². The lowest BCUT2D eigenvalue weighted by molar-refractivity contribution is 0.185. The molecule has 0 amide bonds. The second kappa shape index (κ2) is 6.29. The Bertz CT molecular complexity index is 594.